The van der Waals surface area contributed by atoms with Crippen LogP contribution in [0, 0.1) is 0 Å². The number of rotatable bonds is 10. The smallest absolute Gasteiger partial charge is 0.407 e. The summed E-state index contributed by atoms with van der Waals surface area (Å²) in [6.07, 6.45) is 2.33. The van der Waals surface area contributed by atoms with Crippen molar-refractivity contribution >= 4 is 23.9 Å². The molecule has 2 aromatic rings. The van der Waals surface area contributed by atoms with Crippen LogP contribution in [0.1, 0.15) is 55.6 Å². The van der Waals surface area contributed by atoms with E-state index < -0.39 is 29.9 Å². The van der Waals surface area contributed by atoms with Gasteiger partial charge in [-0.05, 0) is 35.1 Å². The average Bonchev–Trinajstić information content (AvgIpc) is 3.40. The maximum absolute atomic E-state index is 12.2. The van der Waals surface area contributed by atoms with Crippen LogP contribution in [0.5, 0.6) is 0 Å². The first-order chi connectivity index (χ1) is 17.0. The van der Waals surface area contributed by atoms with Gasteiger partial charge < -0.3 is 15.2 Å². The third-order valence-electron chi connectivity index (χ3n) is 6.42. The number of benzene rings is 2. The van der Waals surface area contributed by atoms with Crippen LogP contribution < -0.4 is 10.7 Å². The number of hydrazine groups is 1. The number of carbonyl (C=O) groups excluding carboxylic acids is 3. The number of carboxylic acids is 1. The van der Waals surface area contributed by atoms with E-state index in [1.165, 1.54) is 22.3 Å². The zero-order valence-electron chi connectivity index (χ0n) is 19.4. The fraction of sp³-hybridized carbons (Fsp3) is 0.385. The highest BCUT2D eigenvalue weighted by Gasteiger charge is 2.38. The Bertz CT molecular complexity index is 1070. The van der Waals surface area contributed by atoms with E-state index in [4.69, 9.17) is 9.84 Å². The number of aliphatic carboxylic acids is 1. The molecule has 2 aromatic carbocycles. The number of ether oxygens (including phenoxy) is 1. The molecule has 0 bridgehead atoms. The van der Waals surface area contributed by atoms with E-state index in [1.54, 1.807) is 0 Å². The first kappa shape index (κ1) is 24.3. The zero-order valence-corrected chi connectivity index (χ0v) is 19.4. The Balaban J connectivity index is 1.12. The molecule has 0 spiro atoms. The molecule has 3 amide bonds. The Morgan fingerprint density at radius 2 is 1.60 bits per heavy atom. The van der Waals surface area contributed by atoms with E-state index in [1.807, 2.05) is 24.3 Å². The second-order valence-corrected chi connectivity index (χ2v) is 8.77. The summed E-state index contributed by atoms with van der Waals surface area (Å²) in [6.45, 7) is 0.736. The largest absolute Gasteiger partial charge is 0.480 e. The average molecular weight is 480 g/mol. The molecule has 1 aliphatic carbocycles. The quantitative estimate of drug-likeness (QED) is 0.450. The number of nitrogens with zero attached hydrogens (tertiary/aromatic N) is 1. The van der Waals surface area contributed by atoms with Gasteiger partial charge in [-0.25, -0.2) is 14.6 Å². The Morgan fingerprint density at radius 1 is 0.971 bits per heavy atom. The minimum absolute atomic E-state index is 0.0202. The van der Waals surface area contributed by atoms with Gasteiger partial charge in [0.1, 0.15) is 6.61 Å². The summed E-state index contributed by atoms with van der Waals surface area (Å²) in [6, 6.07) is 15.2. The van der Waals surface area contributed by atoms with E-state index >= 15 is 0 Å². The Kier molecular flexibility index (Phi) is 7.64. The Hall–Kier alpha value is -3.88. The lowest BCUT2D eigenvalue weighted by atomic mass is 9.98. The molecule has 1 aliphatic heterocycles. The summed E-state index contributed by atoms with van der Waals surface area (Å²) >= 11 is 0. The van der Waals surface area contributed by atoms with Gasteiger partial charge in [0.15, 0.2) is 6.04 Å². The van der Waals surface area contributed by atoms with Gasteiger partial charge >= 0.3 is 12.1 Å². The first-order valence-electron chi connectivity index (χ1n) is 11.9. The molecular weight excluding hydrogens is 450 g/mol. The van der Waals surface area contributed by atoms with Crippen molar-refractivity contribution in [3.05, 3.63) is 59.7 Å². The zero-order chi connectivity index (χ0) is 24.8. The van der Waals surface area contributed by atoms with Crippen molar-refractivity contribution in [3.63, 3.8) is 0 Å². The molecule has 9 heteroatoms. The monoisotopic (exact) mass is 479 g/mol. The first-order valence-corrected chi connectivity index (χ1v) is 11.9. The Labute approximate surface area is 203 Å². The molecule has 0 saturated carbocycles. The van der Waals surface area contributed by atoms with Gasteiger partial charge in [0.25, 0.3) is 0 Å². The number of nitrogens with one attached hydrogen (secondary N) is 2. The van der Waals surface area contributed by atoms with E-state index in [9.17, 15) is 19.2 Å². The van der Waals surface area contributed by atoms with Gasteiger partial charge in [-0.3, -0.25) is 15.0 Å². The van der Waals surface area contributed by atoms with E-state index in [2.05, 4.69) is 35.0 Å². The van der Waals surface area contributed by atoms with Crippen molar-refractivity contribution in [2.24, 2.45) is 0 Å². The molecule has 0 aromatic heterocycles. The SMILES string of the molecule is O=C1CC(C(=O)O)N(C(=O)CCCCCCNC(=O)OCC2c3ccccc3-c3ccccc32)N1. The number of hydrogen-bond acceptors (Lipinski definition) is 5. The fourth-order valence-electron chi connectivity index (χ4n) is 4.67. The molecule has 1 heterocycles. The molecule has 0 radical (unpaired) electrons. The van der Waals surface area contributed by atoms with Crippen molar-refractivity contribution in [3.8, 4) is 11.1 Å². The third kappa shape index (κ3) is 5.62. The predicted molar refractivity (Wildman–Crippen MR) is 127 cm³/mol. The lowest BCUT2D eigenvalue weighted by Crippen LogP contribution is -2.46. The minimum atomic E-state index is -1.20. The van der Waals surface area contributed by atoms with Crippen LogP contribution in [0.4, 0.5) is 4.79 Å². The number of hydrogen-bond donors (Lipinski definition) is 3. The van der Waals surface area contributed by atoms with Gasteiger partial charge in [-0.15, -0.1) is 0 Å². The van der Waals surface area contributed by atoms with Crippen molar-refractivity contribution in [1.29, 1.82) is 0 Å². The lowest BCUT2D eigenvalue weighted by molar-refractivity contribution is -0.150. The van der Waals surface area contributed by atoms with Gasteiger partial charge in [0, 0.05) is 18.9 Å². The maximum Gasteiger partial charge on any atom is 0.407 e. The van der Waals surface area contributed by atoms with Crippen LogP contribution in [0.25, 0.3) is 11.1 Å². The highest BCUT2D eigenvalue weighted by molar-refractivity contribution is 5.93. The number of amides is 3. The second-order valence-electron chi connectivity index (χ2n) is 8.77. The van der Waals surface area contributed by atoms with Gasteiger partial charge in [0.05, 0.1) is 6.42 Å². The molecule has 1 fully saturated rings. The minimum Gasteiger partial charge on any atom is -0.480 e. The van der Waals surface area contributed by atoms with Crippen LogP contribution in [-0.2, 0) is 19.1 Å². The van der Waals surface area contributed by atoms with E-state index in [0.717, 1.165) is 24.3 Å². The maximum atomic E-state index is 12.2. The summed E-state index contributed by atoms with van der Waals surface area (Å²) < 4.78 is 5.51. The van der Waals surface area contributed by atoms with Crippen molar-refractivity contribution in [2.45, 2.75) is 50.5 Å². The number of alkyl carbamates (subject to hydrolysis) is 1. The van der Waals surface area contributed by atoms with Gasteiger partial charge in [-0.2, -0.15) is 0 Å². The van der Waals surface area contributed by atoms with Crippen LogP contribution in [0.2, 0.25) is 0 Å². The molecule has 3 N–H and O–H groups in total. The van der Waals surface area contributed by atoms with Crippen molar-refractivity contribution in [1.82, 2.24) is 15.8 Å². The molecule has 2 aliphatic rings. The summed E-state index contributed by atoms with van der Waals surface area (Å²) in [5.41, 5.74) is 7.00. The third-order valence-corrected chi connectivity index (χ3v) is 6.42. The highest BCUT2D eigenvalue weighted by atomic mass is 16.5. The topological polar surface area (TPSA) is 125 Å². The molecule has 35 heavy (non-hydrogen) atoms. The number of carbonyl (C=O) groups is 4. The van der Waals surface area contributed by atoms with Crippen LogP contribution in [-0.4, -0.2) is 53.2 Å². The van der Waals surface area contributed by atoms with E-state index in [-0.39, 0.29) is 25.4 Å². The van der Waals surface area contributed by atoms with Gasteiger partial charge in [0.2, 0.25) is 11.8 Å². The predicted octanol–water partition coefficient (Wildman–Crippen LogP) is 3.19. The molecule has 1 atom stereocenters. The summed E-state index contributed by atoms with van der Waals surface area (Å²) in [5, 5.41) is 12.8. The van der Waals surface area contributed by atoms with Crippen LogP contribution in [0.15, 0.2) is 48.5 Å². The van der Waals surface area contributed by atoms with Crippen LogP contribution in [0.3, 0.4) is 0 Å². The van der Waals surface area contributed by atoms with Gasteiger partial charge in [-0.1, -0.05) is 61.4 Å². The fourth-order valence-corrected chi connectivity index (χ4v) is 4.67. The van der Waals surface area contributed by atoms with E-state index in [0.29, 0.717) is 13.0 Å². The molecular formula is C26H29N3O6. The highest BCUT2D eigenvalue weighted by Crippen LogP contribution is 2.44. The van der Waals surface area contributed by atoms with Crippen molar-refractivity contribution in [2.75, 3.05) is 13.2 Å². The second kappa shape index (κ2) is 11.0. The summed E-state index contributed by atoms with van der Waals surface area (Å²) in [7, 11) is 0. The molecule has 1 unspecified atom stereocenters. The molecule has 1 saturated heterocycles. The summed E-state index contributed by atoms with van der Waals surface area (Å²) in [4.78, 5) is 46.9. The number of unbranched alkanes of at least 4 members (excludes halogenated alkanes) is 3. The lowest BCUT2D eigenvalue weighted by Gasteiger charge is -2.20. The number of fused-ring (bicyclic) bond motifs is 3. The summed E-state index contributed by atoms with van der Waals surface area (Å²) in [5.74, 6) is -2.05. The number of carboxylic acid groups (broad SMARTS) is 1. The normalized spacial score (nSPS) is 16.4. The molecule has 184 valence electrons. The van der Waals surface area contributed by atoms with Crippen molar-refractivity contribution < 1.29 is 29.0 Å². The standard InChI is InChI=1S/C26H29N3O6/c30-23-15-22(25(32)33)29(28-23)24(31)13-3-1-2-8-14-27-26(34)35-16-21-19-11-6-4-9-17(19)18-10-5-7-12-20(18)21/h4-7,9-12,21-22H,1-3,8,13-16H2,(H,27,34)(H,28,30)(H,32,33). The Morgan fingerprint density at radius 3 is 2.26 bits per heavy atom. The molecule has 4 rings (SSSR count). The molecule has 9 nitrogen and oxygen atoms in total. The van der Waals surface area contributed by atoms with Crippen LogP contribution >= 0.6 is 0 Å².